The summed E-state index contributed by atoms with van der Waals surface area (Å²) in [4.78, 5) is 20.1. The molecule has 0 N–H and O–H groups in total. The third kappa shape index (κ3) is 6.79. The van der Waals surface area contributed by atoms with Gasteiger partial charge in [0.05, 0.1) is 18.2 Å². The molecular formula is C52H35N5. The summed E-state index contributed by atoms with van der Waals surface area (Å²) in [5.41, 5.74) is 11.1. The maximum absolute atomic E-state index is 8.93. The van der Waals surface area contributed by atoms with Crippen molar-refractivity contribution in [3.63, 3.8) is 0 Å². The Balaban J connectivity index is 1.14. The van der Waals surface area contributed by atoms with E-state index in [4.69, 9.17) is 26.8 Å². The molecule has 10 rings (SSSR count). The lowest BCUT2D eigenvalue weighted by atomic mass is 9.94. The summed E-state index contributed by atoms with van der Waals surface area (Å²) in [7, 11) is 0. The van der Waals surface area contributed by atoms with Crippen LogP contribution in [0, 0.1) is 0 Å². The van der Waals surface area contributed by atoms with Crippen LogP contribution in [0.4, 0.5) is 0 Å². The number of pyridine rings is 1. The smallest absolute Gasteiger partial charge is 0.164 e. The minimum absolute atomic E-state index is 0.0852. The Labute approximate surface area is 338 Å². The molecule has 0 unspecified atom stereocenters. The molecular weight excluding hydrogens is 695 g/mol. The summed E-state index contributed by atoms with van der Waals surface area (Å²) in [6, 6.07) is 56.0. The van der Waals surface area contributed by atoms with Crippen LogP contribution < -0.4 is 0 Å². The van der Waals surface area contributed by atoms with E-state index in [1.807, 2.05) is 152 Å². The normalized spacial score (nSPS) is 12.4. The number of aromatic nitrogens is 5. The van der Waals surface area contributed by atoms with Gasteiger partial charge in [0.1, 0.15) is 5.65 Å². The predicted molar refractivity (Wildman–Crippen MR) is 232 cm³/mol. The van der Waals surface area contributed by atoms with Crippen LogP contribution >= 0.6 is 0 Å². The van der Waals surface area contributed by atoms with Crippen LogP contribution in [-0.2, 0) is 0 Å². The molecule has 0 saturated heterocycles. The van der Waals surface area contributed by atoms with E-state index < -0.39 is 18.1 Å². The Kier molecular flexibility index (Phi) is 7.45. The monoisotopic (exact) mass is 734 g/mol. The van der Waals surface area contributed by atoms with E-state index >= 15 is 0 Å². The van der Waals surface area contributed by atoms with Gasteiger partial charge in [-0.05, 0) is 63.7 Å². The van der Waals surface area contributed by atoms with Gasteiger partial charge in [0.15, 0.2) is 17.5 Å². The zero-order chi connectivity index (χ0) is 42.3. The van der Waals surface area contributed by atoms with Crippen LogP contribution in [0.3, 0.4) is 0 Å². The lowest BCUT2D eigenvalue weighted by molar-refractivity contribution is 1.07. The first-order valence-corrected chi connectivity index (χ1v) is 18.6. The summed E-state index contributed by atoms with van der Waals surface area (Å²) >= 11 is 0. The summed E-state index contributed by atoms with van der Waals surface area (Å²) in [5.74, 6) is 1.30. The van der Waals surface area contributed by atoms with Crippen molar-refractivity contribution in [3.8, 4) is 90.1 Å². The molecule has 0 saturated carbocycles. The highest BCUT2D eigenvalue weighted by Gasteiger charge is 2.18. The third-order valence-corrected chi connectivity index (χ3v) is 9.97. The average Bonchev–Trinajstić information content (AvgIpc) is 3.73. The van der Waals surface area contributed by atoms with Gasteiger partial charge >= 0.3 is 0 Å². The van der Waals surface area contributed by atoms with Crippen molar-refractivity contribution >= 4 is 5.65 Å². The van der Waals surface area contributed by atoms with Gasteiger partial charge in [-0.3, -0.25) is 4.40 Å². The molecule has 0 bridgehead atoms. The summed E-state index contributed by atoms with van der Waals surface area (Å²) < 4.78 is 45.3. The molecule has 0 radical (unpaired) electrons. The van der Waals surface area contributed by atoms with E-state index in [1.165, 1.54) is 0 Å². The van der Waals surface area contributed by atoms with E-state index in [9.17, 15) is 0 Å². The van der Waals surface area contributed by atoms with E-state index in [2.05, 4.69) is 28.7 Å². The van der Waals surface area contributed by atoms with Crippen LogP contribution in [0.15, 0.2) is 212 Å². The highest BCUT2D eigenvalue weighted by Crippen LogP contribution is 2.37. The molecule has 0 atom stereocenters. The largest absolute Gasteiger partial charge is 0.299 e. The molecule has 0 aliphatic rings. The molecule has 57 heavy (non-hydrogen) atoms. The van der Waals surface area contributed by atoms with Gasteiger partial charge < -0.3 is 0 Å². The van der Waals surface area contributed by atoms with Crippen molar-refractivity contribution in [1.29, 1.82) is 0 Å². The molecule has 0 spiro atoms. The van der Waals surface area contributed by atoms with Crippen LogP contribution in [-0.4, -0.2) is 24.3 Å². The lowest BCUT2D eigenvalue weighted by Crippen LogP contribution is -2.00. The van der Waals surface area contributed by atoms with Gasteiger partial charge in [-0.2, -0.15) is 0 Å². The lowest BCUT2D eigenvalue weighted by Gasteiger charge is -2.13. The average molecular weight is 735 g/mol. The fourth-order valence-electron chi connectivity index (χ4n) is 7.14. The number of fused-ring (bicyclic) bond motifs is 1. The molecule has 3 aromatic heterocycles. The van der Waals surface area contributed by atoms with E-state index in [-0.39, 0.29) is 17.6 Å². The standard InChI is InChI=1S/C52H35N5/c1-5-15-36(16-6-1)38-26-30-43(31-27-38)51-54-50(42-21-11-4-12-22-42)55-52(56-51)46-34-44(37-17-7-2-8-18-37)33-45(35-46)39-24-28-40(29-25-39)48-49(41-19-9-3-10-20-41)57-32-14-13-23-47(57)53-48/h1-35H/i2D,7D,8D,17D,18D. The molecule has 5 heteroatoms. The van der Waals surface area contributed by atoms with Gasteiger partial charge in [0.25, 0.3) is 0 Å². The summed E-state index contributed by atoms with van der Waals surface area (Å²) in [5, 5.41) is 0. The number of rotatable bonds is 8. The van der Waals surface area contributed by atoms with Crippen LogP contribution in [0.1, 0.15) is 6.85 Å². The fraction of sp³-hybridized carbons (Fsp3) is 0. The Morgan fingerprint density at radius 2 is 0.772 bits per heavy atom. The van der Waals surface area contributed by atoms with E-state index in [0.29, 0.717) is 28.6 Å². The maximum atomic E-state index is 8.93. The second-order valence-corrected chi connectivity index (χ2v) is 13.6. The molecule has 3 heterocycles. The molecule has 7 aromatic carbocycles. The van der Waals surface area contributed by atoms with Crippen LogP contribution in [0.25, 0.3) is 95.7 Å². The van der Waals surface area contributed by atoms with Crippen molar-refractivity contribution in [3.05, 3.63) is 212 Å². The van der Waals surface area contributed by atoms with Crippen molar-refractivity contribution in [2.45, 2.75) is 0 Å². The van der Waals surface area contributed by atoms with E-state index in [1.54, 1.807) is 6.07 Å². The van der Waals surface area contributed by atoms with Crippen molar-refractivity contribution < 1.29 is 6.85 Å². The number of hydrogen-bond donors (Lipinski definition) is 0. The highest BCUT2D eigenvalue weighted by atomic mass is 15.0. The first kappa shape index (κ1) is 28.7. The molecule has 10 aromatic rings. The third-order valence-electron chi connectivity index (χ3n) is 9.97. The van der Waals surface area contributed by atoms with Crippen molar-refractivity contribution in [2.24, 2.45) is 0 Å². The fourth-order valence-corrected chi connectivity index (χ4v) is 7.14. The van der Waals surface area contributed by atoms with Gasteiger partial charge in [-0.15, -0.1) is 0 Å². The number of imidazole rings is 1. The van der Waals surface area contributed by atoms with Crippen LogP contribution in [0.2, 0.25) is 0 Å². The van der Waals surface area contributed by atoms with Gasteiger partial charge in [0, 0.05) is 34.0 Å². The zero-order valence-electron chi connectivity index (χ0n) is 35.6. The van der Waals surface area contributed by atoms with Gasteiger partial charge in [0.2, 0.25) is 0 Å². The van der Waals surface area contributed by atoms with Gasteiger partial charge in [-0.1, -0.05) is 176 Å². The zero-order valence-corrected chi connectivity index (χ0v) is 30.6. The molecule has 268 valence electrons. The topological polar surface area (TPSA) is 56.0 Å². The molecule has 5 nitrogen and oxygen atoms in total. The maximum Gasteiger partial charge on any atom is 0.164 e. The Hall–Kier alpha value is -7.76. The second-order valence-electron chi connectivity index (χ2n) is 13.6. The quantitative estimate of drug-likeness (QED) is 0.156. The SMILES string of the molecule is [2H]c1c([2H])c([2H])c(-c2cc(-c3ccc(-c4nc5ccccn5c4-c4ccccc4)cc3)cc(-c3nc(-c4ccccc4)nc(-c4ccc(-c5ccccc5)cc4)n3)c2)c([2H])c1[2H]. The summed E-state index contributed by atoms with van der Waals surface area (Å²) in [6.07, 6.45) is 2.02. The van der Waals surface area contributed by atoms with Gasteiger partial charge in [-0.25, -0.2) is 19.9 Å². The number of hydrogen-bond acceptors (Lipinski definition) is 4. The number of benzene rings is 7. The Morgan fingerprint density at radius 1 is 0.333 bits per heavy atom. The van der Waals surface area contributed by atoms with Crippen LogP contribution in [0.5, 0.6) is 0 Å². The number of nitrogens with zero attached hydrogens (tertiary/aromatic N) is 5. The van der Waals surface area contributed by atoms with Crippen molar-refractivity contribution in [1.82, 2.24) is 24.3 Å². The van der Waals surface area contributed by atoms with E-state index in [0.717, 1.165) is 61.5 Å². The molecule has 0 aliphatic carbocycles. The Morgan fingerprint density at radius 3 is 1.40 bits per heavy atom. The molecule has 0 aliphatic heterocycles. The molecule has 0 amide bonds. The second kappa shape index (κ2) is 14.8. The Bertz CT molecular complexity index is 3240. The molecule has 0 fully saturated rings. The first-order valence-electron chi connectivity index (χ1n) is 21.1. The first-order chi connectivity index (χ1) is 30.3. The predicted octanol–water partition coefficient (Wildman–Crippen LogP) is 12.9. The summed E-state index contributed by atoms with van der Waals surface area (Å²) in [6.45, 7) is 0. The minimum Gasteiger partial charge on any atom is -0.299 e. The highest BCUT2D eigenvalue weighted by molar-refractivity contribution is 5.85. The minimum atomic E-state index is -0.453. The van der Waals surface area contributed by atoms with Crippen molar-refractivity contribution in [2.75, 3.05) is 0 Å².